The van der Waals surface area contributed by atoms with Crippen molar-refractivity contribution >= 4 is 5.78 Å². The molecule has 0 aliphatic heterocycles. The van der Waals surface area contributed by atoms with Gasteiger partial charge in [-0.2, -0.15) is 0 Å². The molecule has 0 aromatic carbocycles. The van der Waals surface area contributed by atoms with Crippen molar-refractivity contribution in [3.05, 3.63) is 12.3 Å². The predicted octanol–water partition coefficient (Wildman–Crippen LogP) is 0.969. The molecule has 0 rings (SSSR count). The fraction of sp³-hybridized carbons (Fsp3) is 0.400. The third-order valence-corrected chi connectivity index (χ3v) is 0.742. The van der Waals surface area contributed by atoms with Crippen LogP contribution in [0.25, 0.3) is 0 Å². The van der Waals surface area contributed by atoms with Gasteiger partial charge in [0.2, 0.25) is 11.5 Å². The van der Waals surface area contributed by atoms with Crippen molar-refractivity contribution in [2.24, 2.45) is 0 Å². The summed E-state index contributed by atoms with van der Waals surface area (Å²) in [5.74, 6) is -0.486. The molecule has 0 amide bonds. The van der Waals surface area contributed by atoms with Crippen molar-refractivity contribution in [1.29, 1.82) is 0 Å². The van der Waals surface area contributed by atoms with E-state index < -0.39 is 0 Å². The van der Waals surface area contributed by atoms with Gasteiger partial charge in [0.15, 0.2) is 0 Å². The van der Waals surface area contributed by atoms with E-state index in [4.69, 9.17) is 5.26 Å². The van der Waals surface area contributed by atoms with Crippen LogP contribution in [0.1, 0.15) is 13.3 Å². The smallest absolute Gasteiger partial charge is 0.200 e. The van der Waals surface area contributed by atoms with Crippen molar-refractivity contribution < 1.29 is 14.9 Å². The summed E-state index contributed by atoms with van der Waals surface area (Å²) in [4.78, 5) is 13.9. The van der Waals surface area contributed by atoms with E-state index >= 15 is 0 Å². The van der Waals surface area contributed by atoms with Crippen LogP contribution in [0.3, 0.4) is 0 Å². The average molecular weight is 116 g/mol. The molecule has 0 aliphatic carbocycles. The normalized spacial score (nSPS) is 8.25. The lowest BCUT2D eigenvalue weighted by molar-refractivity contribution is -0.204. The lowest BCUT2D eigenvalue weighted by Crippen LogP contribution is -2.00. The second-order valence-corrected chi connectivity index (χ2v) is 1.29. The third kappa shape index (κ3) is 1.75. The third-order valence-electron chi connectivity index (χ3n) is 0.742. The molecular weight excluding hydrogens is 108 g/mol. The van der Waals surface area contributed by atoms with E-state index in [1.54, 1.807) is 6.92 Å². The van der Waals surface area contributed by atoms with Crippen LogP contribution < -0.4 is 0 Å². The van der Waals surface area contributed by atoms with Crippen LogP contribution in [0.2, 0.25) is 0 Å². The zero-order valence-electron chi connectivity index (χ0n) is 4.68. The average Bonchev–Trinajstić information content (AvgIpc) is 1.84. The molecule has 46 valence electrons. The first-order valence-electron chi connectivity index (χ1n) is 2.26. The Hall–Kier alpha value is -0.830. The molecule has 0 aromatic rings. The maximum absolute atomic E-state index is 10.4. The Morgan fingerprint density at radius 2 is 2.38 bits per heavy atom. The standard InChI is InChI=1S/C5H8O3/c1-3-5(6)4(2)8-7/h7H,2-3H2,1H3. The zero-order chi connectivity index (χ0) is 6.57. The maximum Gasteiger partial charge on any atom is 0.200 e. The topological polar surface area (TPSA) is 46.5 Å². The highest BCUT2D eigenvalue weighted by atomic mass is 17.1. The molecule has 3 heteroatoms. The lowest BCUT2D eigenvalue weighted by atomic mass is 10.3. The molecule has 0 saturated carbocycles. The van der Waals surface area contributed by atoms with Crippen molar-refractivity contribution in [3.63, 3.8) is 0 Å². The monoisotopic (exact) mass is 116 g/mol. The van der Waals surface area contributed by atoms with E-state index in [2.05, 4.69) is 11.5 Å². The largest absolute Gasteiger partial charge is 0.337 e. The van der Waals surface area contributed by atoms with Crippen LogP contribution in [0.4, 0.5) is 0 Å². The van der Waals surface area contributed by atoms with Crippen molar-refractivity contribution in [2.75, 3.05) is 0 Å². The van der Waals surface area contributed by atoms with Crippen molar-refractivity contribution in [2.45, 2.75) is 13.3 Å². The Bertz CT molecular complexity index is 92.2. The molecule has 0 aromatic heterocycles. The first kappa shape index (κ1) is 7.17. The number of rotatable bonds is 3. The minimum absolute atomic E-state index is 0.201. The van der Waals surface area contributed by atoms with Gasteiger partial charge in [-0.1, -0.05) is 6.92 Å². The SMILES string of the molecule is C=C(OO)C(=O)CC. The predicted molar refractivity (Wildman–Crippen MR) is 28.2 cm³/mol. The number of hydrogen-bond donors (Lipinski definition) is 1. The van der Waals surface area contributed by atoms with E-state index in [0.29, 0.717) is 6.42 Å². The van der Waals surface area contributed by atoms with E-state index in [-0.39, 0.29) is 11.5 Å². The summed E-state index contributed by atoms with van der Waals surface area (Å²) in [6.07, 6.45) is 0.305. The summed E-state index contributed by atoms with van der Waals surface area (Å²) in [6, 6.07) is 0. The molecule has 8 heavy (non-hydrogen) atoms. The summed E-state index contributed by atoms with van der Waals surface area (Å²) in [5, 5.41) is 7.82. The van der Waals surface area contributed by atoms with E-state index in [0.717, 1.165) is 0 Å². The molecular formula is C5H8O3. The Morgan fingerprint density at radius 3 is 2.50 bits per heavy atom. The van der Waals surface area contributed by atoms with E-state index in [1.807, 2.05) is 0 Å². The number of ketones is 1. The fourth-order valence-electron chi connectivity index (χ4n) is 0.248. The molecule has 0 unspecified atom stereocenters. The van der Waals surface area contributed by atoms with Crippen LogP contribution >= 0.6 is 0 Å². The summed E-state index contributed by atoms with van der Waals surface area (Å²) in [7, 11) is 0. The second kappa shape index (κ2) is 3.21. The molecule has 0 radical (unpaired) electrons. The summed E-state index contributed by atoms with van der Waals surface area (Å²) in [6.45, 7) is 4.78. The van der Waals surface area contributed by atoms with Gasteiger partial charge in [-0.15, -0.1) is 0 Å². The van der Waals surface area contributed by atoms with Gasteiger partial charge in [-0.25, -0.2) is 5.26 Å². The first-order valence-corrected chi connectivity index (χ1v) is 2.26. The Labute approximate surface area is 47.5 Å². The van der Waals surface area contributed by atoms with Crippen molar-refractivity contribution in [3.8, 4) is 0 Å². The van der Waals surface area contributed by atoms with Gasteiger partial charge in [0, 0.05) is 6.42 Å². The molecule has 0 spiro atoms. The lowest BCUT2D eigenvalue weighted by Gasteiger charge is -1.93. The summed E-state index contributed by atoms with van der Waals surface area (Å²) in [5.41, 5.74) is 0. The van der Waals surface area contributed by atoms with Gasteiger partial charge in [-0.3, -0.25) is 4.79 Å². The van der Waals surface area contributed by atoms with Gasteiger partial charge < -0.3 is 4.89 Å². The van der Waals surface area contributed by atoms with Gasteiger partial charge in [0.1, 0.15) is 0 Å². The zero-order valence-corrected chi connectivity index (χ0v) is 4.68. The fourth-order valence-corrected chi connectivity index (χ4v) is 0.248. The Kier molecular flexibility index (Phi) is 2.88. The highest BCUT2D eigenvalue weighted by Crippen LogP contribution is 1.94. The van der Waals surface area contributed by atoms with Crippen LogP contribution in [0, 0.1) is 0 Å². The molecule has 0 fully saturated rings. The number of allylic oxidation sites excluding steroid dienone is 1. The van der Waals surface area contributed by atoms with Gasteiger partial charge in [-0.05, 0) is 6.58 Å². The summed E-state index contributed by atoms with van der Waals surface area (Å²) < 4.78 is 0. The molecule has 0 aliphatic rings. The molecule has 0 atom stereocenters. The highest BCUT2D eigenvalue weighted by Gasteiger charge is 2.02. The Balaban J connectivity index is 3.64. The van der Waals surface area contributed by atoms with Gasteiger partial charge in [0.05, 0.1) is 0 Å². The molecule has 0 saturated heterocycles. The number of carbonyl (C=O) groups excluding carboxylic acids is 1. The van der Waals surface area contributed by atoms with Crippen LogP contribution in [0.15, 0.2) is 12.3 Å². The van der Waals surface area contributed by atoms with E-state index in [9.17, 15) is 4.79 Å². The minimum Gasteiger partial charge on any atom is -0.337 e. The number of carbonyl (C=O) groups is 1. The van der Waals surface area contributed by atoms with Crippen LogP contribution in [-0.2, 0) is 9.68 Å². The highest BCUT2D eigenvalue weighted by molar-refractivity contribution is 5.92. The number of hydrogen-bond acceptors (Lipinski definition) is 3. The van der Waals surface area contributed by atoms with Crippen molar-refractivity contribution in [1.82, 2.24) is 0 Å². The number of Topliss-reactive ketones (excluding diaryl/α,β-unsaturated/α-hetero) is 1. The van der Waals surface area contributed by atoms with Crippen LogP contribution in [0.5, 0.6) is 0 Å². The molecule has 1 N–H and O–H groups in total. The molecule has 0 bridgehead atoms. The molecule has 0 heterocycles. The Morgan fingerprint density at radius 1 is 1.88 bits per heavy atom. The second-order valence-electron chi connectivity index (χ2n) is 1.29. The van der Waals surface area contributed by atoms with E-state index in [1.165, 1.54) is 0 Å². The van der Waals surface area contributed by atoms with Crippen LogP contribution in [-0.4, -0.2) is 11.0 Å². The quantitative estimate of drug-likeness (QED) is 0.258. The van der Waals surface area contributed by atoms with Gasteiger partial charge >= 0.3 is 0 Å². The van der Waals surface area contributed by atoms with Gasteiger partial charge in [0.25, 0.3) is 0 Å². The summed E-state index contributed by atoms with van der Waals surface area (Å²) >= 11 is 0. The molecule has 3 nitrogen and oxygen atoms in total. The minimum atomic E-state index is -0.285. The maximum atomic E-state index is 10.4. The first-order chi connectivity index (χ1) is 3.72.